The predicted octanol–water partition coefficient (Wildman–Crippen LogP) is 2.97. The van der Waals surface area contributed by atoms with Crippen LogP contribution in [0.5, 0.6) is 0 Å². The Morgan fingerprint density at radius 2 is 2.03 bits per heavy atom. The Labute approximate surface area is 171 Å². The molecule has 0 aromatic carbocycles. The van der Waals surface area contributed by atoms with Gasteiger partial charge in [0.15, 0.2) is 5.82 Å². The first-order valence-electron chi connectivity index (χ1n) is 9.72. The Hall–Kier alpha value is -2.71. The monoisotopic (exact) mass is 407 g/mol. The summed E-state index contributed by atoms with van der Waals surface area (Å²) in [6, 6.07) is -0.772. The van der Waals surface area contributed by atoms with Gasteiger partial charge in [-0.3, -0.25) is 9.36 Å². The van der Waals surface area contributed by atoms with Gasteiger partial charge in [0, 0.05) is 11.6 Å². The molecular weight excluding hydrogens is 374 g/mol. The normalized spacial score (nSPS) is 13.3. The van der Waals surface area contributed by atoms with Crippen LogP contribution in [0.2, 0.25) is 0 Å². The van der Waals surface area contributed by atoms with Crippen molar-refractivity contribution >= 4 is 23.2 Å². The van der Waals surface area contributed by atoms with E-state index in [0.717, 1.165) is 0 Å². The van der Waals surface area contributed by atoms with Gasteiger partial charge in [-0.15, -0.1) is 0 Å². The van der Waals surface area contributed by atoms with Crippen LogP contribution in [0.4, 0.5) is 5.82 Å². The smallest absolute Gasteiger partial charge is 0.329 e. The molecule has 9 heteroatoms. The number of nitrogens with zero attached hydrogens (tertiary/aromatic N) is 3. The maximum Gasteiger partial charge on any atom is 0.329 e. The zero-order valence-electron chi connectivity index (χ0n) is 18.4. The van der Waals surface area contributed by atoms with Crippen LogP contribution in [0.3, 0.4) is 0 Å². The zero-order chi connectivity index (χ0) is 22.4. The fraction of sp³-hybridized carbons (Fsp3) is 0.650. The molecule has 0 saturated heterocycles. The highest BCUT2D eigenvalue weighted by Gasteiger charge is 2.26. The van der Waals surface area contributed by atoms with Crippen molar-refractivity contribution in [1.82, 2.24) is 9.55 Å². The largest absolute Gasteiger partial charge is 0.464 e. The van der Waals surface area contributed by atoms with Crippen LogP contribution in [0.15, 0.2) is 16.1 Å². The third kappa shape index (κ3) is 6.69. The number of nitrogens with one attached hydrogen (secondary N) is 2. The van der Waals surface area contributed by atoms with Gasteiger partial charge in [-0.25, -0.2) is 9.78 Å². The second kappa shape index (κ2) is 10.2. The molecule has 0 aliphatic rings. The summed E-state index contributed by atoms with van der Waals surface area (Å²) in [7, 11) is 0. The van der Waals surface area contributed by atoms with E-state index in [1.165, 1.54) is 11.5 Å². The van der Waals surface area contributed by atoms with Gasteiger partial charge in [0.2, 0.25) is 0 Å². The van der Waals surface area contributed by atoms with E-state index < -0.39 is 17.6 Å². The van der Waals surface area contributed by atoms with Crippen LogP contribution in [-0.4, -0.2) is 45.3 Å². The van der Waals surface area contributed by atoms with Gasteiger partial charge in [0.1, 0.15) is 6.04 Å². The summed E-state index contributed by atoms with van der Waals surface area (Å²) in [5, 5.41) is 22.5. The molecule has 0 fully saturated rings. The van der Waals surface area contributed by atoms with Crippen molar-refractivity contribution < 1.29 is 14.7 Å². The zero-order valence-corrected chi connectivity index (χ0v) is 18.4. The minimum atomic E-state index is -0.772. The molecule has 0 radical (unpaired) electrons. The molecule has 3 N–H and O–H groups in total. The van der Waals surface area contributed by atoms with Crippen LogP contribution in [-0.2, 0) is 14.9 Å². The Bertz CT molecular complexity index is 821. The lowest BCUT2D eigenvalue weighted by molar-refractivity contribution is -0.149. The van der Waals surface area contributed by atoms with Gasteiger partial charge in [0.05, 0.1) is 30.3 Å². The average molecular weight is 408 g/mol. The molecule has 1 heterocycles. The lowest BCUT2D eigenvalue weighted by Crippen LogP contribution is -2.36. The Balaban J connectivity index is 3.36. The maximum absolute atomic E-state index is 13.0. The molecule has 9 nitrogen and oxygen atoms in total. The number of oxime groups is 1. The van der Waals surface area contributed by atoms with Crippen LogP contribution < -0.4 is 10.9 Å². The van der Waals surface area contributed by atoms with Crippen molar-refractivity contribution in [3.63, 3.8) is 0 Å². The van der Waals surface area contributed by atoms with Crippen molar-refractivity contribution in [3.8, 4) is 0 Å². The summed E-state index contributed by atoms with van der Waals surface area (Å²) in [5.41, 5.74) is -0.0769. The summed E-state index contributed by atoms with van der Waals surface area (Å²) in [5.74, 6) is -0.241. The van der Waals surface area contributed by atoms with Crippen LogP contribution >= 0.6 is 0 Å². The van der Waals surface area contributed by atoms with Gasteiger partial charge in [0.25, 0.3) is 5.56 Å². The van der Waals surface area contributed by atoms with Gasteiger partial charge < -0.3 is 20.7 Å². The van der Waals surface area contributed by atoms with E-state index in [1.807, 2.05) is 41.5 Å². The summed E-state index contributed by atoms with van der Waals surface area (Å²) >= 11 is 0. The fourth-order valence-electron chi connectivity index (χ4n) is 2.40. The van der Waals surface area contributed by atoms with Gasteiger partial charge in [-0.1, -0.05) is 46.7 Å². The highest BCUT2D eigenvalue weighted by molar-refractivity contribution is 6.41. The van der Waals surface area contributed by atoms with Crippen LogP contribution in [0.1, 0.15) is 66.6 Å². The second-order valence-corrected chi connectivity index (χ2v) is 8.40. The van der Waals surface area contributed by atoms with Crippen molar-refractivity contribution in [2.24, 2.45) is 11.1 Å². The predicted molar refractivity (Wildman–Crippen MR) is 113 cm³/mol. The minimum absolute atomic E-state index is 0.0183. The molecule has 1 atom stereocenters. The number of carbonyl (C=O) groups excluding carboxylic acids is 1. The van der Waals surface area contributed by atoms with E-state index in [0.29, 0.717) is 12.1 Å². The number of hydrogen-bond donors (Lipinski definition) is 3. The van der Waals surface area contributed by atoms with Crippen LogP contribution in [0, 0.1) is 11.3 Å². The molecule has 0 spiro atoms. The quantitative estimate of drug-likeness (QED) is 0.250. The van der Waals surface area contributed by atoms with Gasteiger partial charge in [-0.2, -0.15) is 0 Å². The number of aromatic nitrogens is 2. The third-order valence-corrected chi connectivity index (χ3v) is 4.27. The SMILES string of the molecule is CCC(C(=O)OCC(C)C)n1cc(C(C)(C)C)nc(NCC(=N)/C(C)=N\O)c1=O. The molecule has 1 unspecified atom stereocenters. The summed E-state index contributed by atoms with van der Waals surface area (Å²) in [6.07, 6.45) is 1.99. The summed E-state index contributed by atoms with van der Waals surface area (Å²) in [4.78, 5) is 30.0. The first kappa shape index (κ1) is 24.3. The molecule has 0 bridgehead atoms. The van der Waals surface area contributed by atoms with E-state index in [-0.39, 0.29) is 41.7 Å². The highest BCUT2D eigenvalue weighted by Crippen LogP contribution is 2.22. The standard InChI is InChI=1S/C20H33N5O4/c1-8-15(19(27)29-11-12(2)3)25-10-16(20(5,6)7)23-17(18(25)26)22-9-14(21)13(4)24-28/h10,12,15,21,28H,8-9,11H2,1-7H3,(H,22,23)/b21-14?,24-13-. The first-order valence-corrected chi connectivity index (χ1v) is 9.72. The average Bonchev–Trinajstić information content (AvgIpc) is 2.65. The number of anilines is 1. The molecule has 0 aliphatic heterocycles. The Morgan fingerprint density at radius 3 is 2.52 bits per heavy atom. The first-order chi connectivity index (χ1) is 13.4. The number of ether oxygens (including phenoxy) is 1. The number of carbonyl (C=O) groups is 1. The topological polar surface area (TPSA) is 130 Å². The van der Waals surface area contributed by atoms with E-state index in [4.69, 9.17) is 15.4 Å². The second-order valence-electron chi connectivity index (χ2n) is 8.40. The molecule has 1 aromatic heterocycles. The Morgan fingerprint density at radius 1 is 1.41 bits per heavy atom. The van der Waals surface area contributed by atoms with E-state index in [9.17, 15) is 9.59 Å². The molecule has 0 saturated carbocycles. The highest BCUT2D eigenvalue weighted by atomic mass is 16.5. The summed E-state index contributed by atoms with van der Waals surface area (Å²) < 4.78 is 6.71. The molecule has 1 rings (SSSR count). The van der Waals surface area contributed by atoms with Crippen molar-refractivity contribution in [2.75, 3.05) is 18.5 Å². The summed E-state index contributed by atoms with van der Waals surface area (Å²) in [6.45, 7) is 13.3. The minimum Gasteiger partial charge on any atom is -0.464 e. The molecule has 162 valence electrons. The van der Waals surface area contributed by atoms with Crippen LogP contribution in [0.25, 0.3) is 0 Å². The maximum atomic E-state index is 13.0. The fourth-order valence-corrected chi connectivity index (χ4v) is 2.40. The lowest BCUT2D eigenvalue weighted by Gasteiger charge is -2.24. The van der Waals surface area contributed by atoms with Gasteiger partial charge >= 0.3 is 5.97 Å². The third-order valence-electron chi connectivity index (χ3n) is 4.27. The Kier molecular flexibility index (Phi) is 8.54. The molecular formula is C20H33N5O4. The molecule has 1 aromatic rings. The van der Waals surface area contributed by atoms with Gasteiger partial charge in [-0.05, 0) is 19.3 Å². The molecule has 0 aliphatic carbocycles. The number of rotatable bonds is 9. The van der Waals surface area contributed by atoms with E-state index in [1.54, 1.807) is 6.20 Å². The van der Waals surface area contributed by atoms with Crippen molar-refractivity contribution in [3.05, 3.63) is 22.2 Å². The van der Waals surface area contributed by atoms with Crippen molar-refractivity contribution in [1.29, 1.82) is 5.41 Å². The van der Waals surface area contributed by atoms with E-state index in [2.05, 4.69) is 15.5 Å². The van der Waals surface area contributed by atoms with E-state index >= 15 is 0 Å². The molecule has 29 heavy (non-hydrogen) atoms. The number of hydrogen-bond acceptors (Lipinski definition) is 8. The number of esters is 1. The molecule has 0 amide bonds. The lowest BCUT2D eigenvalue weighted by atomic mass is 9.92. The van der Waals surface area contributed by atoms with Crippen molar-refractivity contribution in [2.45, 2.75) is 66.3 Å².